The van der Waals surface area contributed by atoms with E-state index in [1.807, 2.05) is 13.0 Å². The van der Waals surface area contributed by atoms with E-state index < -0.39 is 0 Å². The lowest BCUT2D eigenvalue weighted by atomic mass is 10.1. The van der Waals surface area contributed by atoms with Gasteiger partial charge in [-0.1, -0.05) is 6.92 Å². The third-order valence-electron chi connectivity index (χ3n) is 2.88. The molecule has 2 rings (SSSR count). The normalized spacial score (nSPS) is 12.2. The Morgan fingerprint density at radius 1 is 1.28 bits per heavy atom. The maximum atomic E-state index is 12.9. The lowest BCUT2D eigenvalue weighted by molar-refractivity contribution is 0.614. The van der Waals surface area contributed by atoms with Gasteiger partial charge in [0.2, 0.25) is 0 Å². The first-order valence-electron chi connectivity index (χ1n) is 5.99. The first kappa shape index (κ1) is 12.5. The molecule has 94 valence electrons. The molecule has 0 aliphatic carbocycles. The summed E-state index contributed by atoms with van der Waals surface area (Å²) in [6.45, 7) is 4.09. The van der Waals surface area contributed by atoms with Crippen LogP contribution in [0, 0.1) is 12.7 Å². The maximum absolute atomic E-state index is 12.9. The molecular weight excluding hydrogens is 229 g/mol. The standard InChI is InChI=1S/C14H16FN3/c1-3-12(13-5-4-11(15)8-17-13)18-14-9-16-7-6-10(14)2/h4-9,12,18H,3H2,1-2H3. The van der Waals surface area contributed by atoms with Gasteiger partial charge in [0.15, 0.2) is 0 Å². The SMILES string of the molecule is CCC(Nc1cnccc1C)c1ccc(F)cn1. The second kappa shape index (κ2) is 5.58. The lowest BCUT2D eigenvalue weighted by Gasteiger charge is -2.18. The summed E-state index contributed by atoms with van der Waals surface area (Å²) in [5.41, 5.74) is 2.95. The van der Waals surface area contributed by atoms with Crippen LogP contribution in [-0.2, 0) is 0 Å². The number of aromatic nitrogens is 2. The van der Waals surface area contributed by atoms with Gasteiger partial charge in [-0.3, -0.25) is 9.97 Å². The van der Waals surface area contributed by atoms with Gasteiger partial charge in [-0.25, -0.2) is 4.39 Å². The molecule has 2 heterocycles. The molecular formula is C14H16FN3. The summed E-state index contributed by atoms with van der Waals surface area (Å²) in [5, 5.41) is 3.39. The fourth-order valence-corrected chi connectivity index (χ4v) is 1.78. The number of aryl methyl sites for hydroxylation is 1. The van der Waals surface area contributed by atoms with Crippen LogP contribution in [0.4, 0.5) is 10.1 Å². The second-order valence-corrected chi connectivity index (χ2v) is 4.20. The van der Waals surface area contributed by atoms with Crippen molar-refractivity contribution in [2.45, 2.75) is 26.3 Å². The van der Waals surface area contributed by atoms with E-state index in [-0.39, 0.29) is 11.9 Å². The number of nitrogens with zero attached hydrogens (tertiary/aromatic N) is 2. The van der Waals surface area contributed by atoms with Gasteiger partial charge in [0, 0.05) is 6.20 Å². The van der Waals surface area contributed by atoms with Gasteiger partial charge in [0.25, 0.3) is 0 Å². The van der Waals surface area contributed by atoms with E-state index in [1.54, 1.807) is 18.5 Å². The van der Waals surface area contributed by atoms with Crippen molar-refractivity contribution in [1.82, 2.24) is 9.97 Å². The lowest BCUT2D eigenvalue weighted by Crippen LogP contribution is -2.12. The number of halogens is 1. The Bertz CT molecular complexity index is 511. The smallest absolute Gasteiger partial charge is 0.141 e. The minimum absolute atomic E-state index is 0.0634. The average molecular weight is 245 g/mol. The van der Waals surface area contributed by atoms with Crippen molar-refractivity contribution >= 4 is 5.69 Å². The van der Waals surface area contributed by atoms with Crippen LogP contribution in [0.5, 0.6) is 0 Å². The summed E-state index contributed by atoms with van der Waals surface area (Å²) in [6.07, 6.45) is 5.67. The minimum atomic E-state index is -0.314. The van der Waals surface area contributed by atoms with E-state index in [1.165, 1.54) is 12.3 Å². The number of hydrogen-bond donors (Lipinski definition) is 1. The molecule has 0 aromatic carbocycles. The van der Waals surface area contributed by atoms with Crippen molar-refractivity contribution in [3.63, 3.8) is 0 Å². The first-order valence-corrected chi connectivity index (χ1v) is 5.99. The summed E-state index contributed by atoms with van der Waals surface area (Å²) < 4.78 is 12.9. The molecule has 0 radical (unpaired) electrons. The highest BCUT2D eigenvalue weighted by Crippen LogP contribution is 2.22. The number of nitrogens with one attached hydrogen (secondary N) is 1. The van der Waals surface area contributed by atoms with Gasteiger partial charge < -0.3 is 5.32 Å². The Morgan fingerprint density at radius 3 is 2.72 bits per heavy atom. The van der Waals surface area contributed by atoms with Crippen molar-refractivity contribution in [2.75, 3.05) is 5.32 Å². The highest BCUT2D eigenvalue weighted by Gasteiger charge is 2.11. The topological polar surface area (TPSA) is 37.8 Å². The van der Waals surface area contributed by atoms with Crippen LogP contribution in [0.1, 0.15) is 30.6 Å². The molecule has 0 fully saturated rings. The van der Waals surface area contributed by atoms with Gasteiger partial charge in [0.1, 0.15) is 5.82 Å². The number of hydrogen-bond acceptors (Lipinski definition) is 3. The van der Waals surface area contributed by atoms with Gasteiger partial charge in [-0.05, 0) is 37.1 Å². The first-order chi connectivity index (χ1) is 8.70. The molecule has 0 aliphatic rings. The molecule has 0 aliphatic heterocycles. The zero-order valence-corrected chi connectivity index (χ0v) is 10.5. The van der Waals surface area contributed by atoms with Crippen LogP contribution >= 0.6 is 0 Å². The predicted molar refractivity (Wildman–Crippen MR) is 69.8 cm³/mol. The molecule has 1 N–H and O–H groups in total. The van der Waals surface area contributed by atoms with Crippen molar-refractivity contribution in [1.29, 1.82) is 0 Å². The van der Waals surface area contributed by atoms with Crippen LogP contribution < -0.4 is 5.32 Å². The molecule has 3 nitrogen and oxygen atoms in total. The zero-order chi connectivity index (χ0) is 13.0. The Labute approximate surface area is 106 Å². The van der Waals surface area contributed by atoms with E-state index in [2.05, 4.69) is 22.2 Å². The molecule has 0 bridgehead atoms. The molecule has 18 heavy (non-hydrogen) atoms. The fraction of sp³-hybridized carbons (Fsp3) is 0.286. The van der Waals surface area contributed by atoms with E-state index in [0.717, 1.165) is 23.4 Å². The van der Waals surface area contributed by atoms with Gasteiger partial charge in [0.05, 0.1) is 29.8 Å². The molecule has 0 saturated heterocycles. The van der Waals surface area contributed by atoms with E-state index in [4.69, 9.17) is 0 Å². The van der Waals surface area contributed by atoms with Crippen LogP contribution in [0.15, 0.2) is 36.8 Å². The monoisotopic (exact) mass is 245 g/mol. The summed E-state index contributed by atoms with van der Waals surface area (Å²) in [5.74, 6) is -0.314. The van der Waals surface area contributed by atoms with Crippen molar-refractivity contribution in [3.8, 4) is 0 Å². The predicted octanol–water partition coefficient (Wildman–Crippen LogP) is 3.49. The summed E-state index contributed by atoms with van der Waals surface area (Å²) >= 11 is 0. The quantitative estimate of drug-likeness (QED) is 0.896. The third kappa shape index (κ3) is 2.83. The number of anilines is 1. The van der Waals surface area contributed by atoms with Crippen molar-refractivity contribution in [2.24, 2.45) is 0 Å². The molecule has 1 unspecified atom stereocenters. The number of rotatable bonds is 4. The highest BCUT2D eigenvalue weighted by molar-refractivity contribution is 5.49. The molecule has 4 heteroatoms. The van der Waals surface area contributed by atoms with Crippen molar-refractivity contribution < 1.29 is 4.39 Å². The largest absolute Gasteiger partial charge is 0.375 e. The molecule has 0 spiro atoms. The van der Waals surface area contributed by atoms with Gasteiger partial charge in [-0.2, -0.15) is 0 Å². The molecule has 2 aromatic heterocycles. The second-order valence-electron chi connectivity index (χ2n) is 4.20. The van der Waals surface area contributed by atoms with E-state index in [9.17, 15) is 4.39 Å². The van der Waals surface area contributed by atoms with Crippen LogP contribution in [0.2, 0.25) is 0 Å². The highest BCUT2D eigenvalue weighted by atomic mass is 19.1. The van der Waals surface area contributed by atoms with Crippen LogP contribution in [-0.4, -0.2) is 9.97 Å². The molecule has 2 aromatic rings. The molecule has 1 atom stereocenters. The maximum Gasteiger partial charge on any atom is 0.141 e. The number of pyridine rings is 2. The zero-order valence-electron chi connectivity index (χ0n) is 10.5. The Hall–Kier alpha value is -1.97. The molecule has 0 amide bonds. The summed E-state index contributed by atoms with van der Waals surface area (Å²) in [6, 6.07) is 5.16. The van der Waals surface area contributed by atoms with E-state index >= 15 is 0 Å². The third-order valence-corrected chi connectivity index (χ3v) is 2.88. The Morgan fingerprint density at radius 2 is 2.11 bits per heavy atom. The van der Waals surface area contributed by atoms with E-state index in [0.29, 0.717) is 0 Å². The van der Waals surface area contributed by atoms with Crippen LogP contribution in [0.3, 0.4) is 0 Å². The van der Waals surface area contributed by atoms with Gasteiger partial charge in [-0.15, -0.1) is 0 Å². The molecule has 0 saturated carbocycles. The fourth-order valence-electron chi connectivity index (χ4n) is 1.78. The summed E-state index contributed by atoms with van der Waals surface area (Å²) in [4.78, 5) is 8.22. The van der Waals surface area contributed by atoms with Gasteiger partial charge >= 0.3 is 0 Å². The summed E-state index contributed by atoms with van der Waals surface area (Å²) in [7, 11) is 0. The van der Waals surface area contributed by atoms with Crippen molar-refractivity contribution in [3.05, 3.63) is 53.9 Å². The average Bonchev–Trinajstić information content (AvgIpc) is 2.39. The Balaban J connectivity index is 2.20. The minimum Gasteiger partial charge on any atom is -0.375 e. The van der Waals surface area contributed by atoms with Crippen LogP contribution in [0.25, 0.3) is 0 Å². The Kier molecular flexibility index (Phi) is 3.87.